The number of aromatic nitrogens is 4. The Bertz CT molecular complexity index is 775. The van der Waals surface area contributed by atoms with E-state index in [0.717, 1.165) is 18.9 Å². The Morgan fingerprint density at radius 2 is 2.26 bits per heavy atom. The summed E-state index contributed by atoms with van der Waals surface area (Å²) < 4.78 is 9.07. The van der Waals surface area contributed by atoms with Crippen LogP contribution < -0.4 is 0 Å². The van der Waals surface area contributed by atoms with Crippen LogP contribution in [0.25, 0.3) is 0 Å². The van der Waals surface area contributed by atoms with Gasteiger partial charge < -0.3 is 13.9 Å². The summed E-state index contributed by atoms with van der Waals surface area (Å²) >= 11 is 0. The molecule has 0 saturated heterocycles. The Morgan fingerprint density at radius 1 is 1.30 bits per heavy atom. The Hall–Kier alpha value is -2.83. The van der Waals surface area contributed by atoms with E-state index in [1.807, 2.05) is 28.0 Å². The first-order valence-corrected chi connectivity index (χ1v) is 7.58. The Kier molecular flexibility index (Phi) is 3.45. The van der Waals surface area contributed by atoms with Crippen LogP contribution in [0.4, 0.5) is 0 Å². The Morgan fingerprint density at radius 3 is 3.04 bits per heavy atom. The van der Waals surface area contributed by atoms with Gasteiger partial charge in [0.2, 0.25) is 0 Å². The average molecular weight is 311 g/mol. The predicted molar refractivity (Wildman–Crippen MR) is 81.4 cm³/mol. The summed E-state index contributed by atoms with van der Waals surface area (Å²) in [7, 11) is 0. The van der Waals surface area contributed by atoms with E-state index < -0.39 is 0 Å². The molecule has 0 aromatic carbocycles. The second-order valence-electron chi connectivity index (χ2n) is 5.79. The van der Waals surface area contributed by atoms with Gasteiger partial charge in [0.25, 0.3) is 5.91 Å². The lowest BCUT2D eigenvalue weighted by atomic mass is 10.1. The molecule has 0 fully saturated rings. The summed E-state index contributed by atoms with van der Waals surface area (Å²) in [6.45, 7) is 2.75. The summed E-state index contributed by atoms with van der Waals surface area (Å²) in [6.07, 6.45) is 10.5. The molecule has 0 spiro atoms. The van der Waals surface area contributed by atoms with Crippen molar-refractivity contribution in [2.75, 3.05) is 6.54 Å². The normalized spacial score (nSPS) is 17.7. The summed E-state index contributed by atoms with van der Waals surface area (Å²) in [4.78, 5) is 18.9. The van der Waals surface area contributed by atoms with Crippen LogP contribution in [0.5, 0.6) is 0 Å². The molecule has 3 aromatic rings. The van der Waals surface area contributed by atoms with Crippen molar-refractivity contribution < 1.29 is 9.21 Å². The summed E-state index contributed by atoms with van der Waals surface area (Å²) in [5, 5.41) is 4.28. The van der Waals surface area contributed by atoms with Gasteiger partial charge in [-0.05, 0) is 12.1 Å². The molecule has 1 aliphatic rings. The highest BCUT2D eigenvalue weighted by Crippen LogP contribution is 2.19. The summed E-state index contributed by atoms with van der Waals surface area (Å²) in [5.41, 5.74) is 0.572. The molecule has 1 amide bonds. The molecule has 4 rings (SSSR count). The van der Waals surface area contributed by atoms with E-state index >= 15 is 0 Å². The van der Waals surface area contributed by atoms with Gasteiger partial charge in [0.15, 0.2) is 0 Å². The standard InChI is InChI=1S/C16H17N5O2/c22-16(14-2-7-23-12-14)20-9-13(10-21-5-1-3-18-21)8-19-6-4-17-15(19)11-20/h1-7,12-13H,8-11H2. The van der Waals surface area contributed by atoms with Gasteiger partial charge >= 0.3 is 0 Å². The number of hydrogen-bond acceptors (Lipinski definition) is 4. The summed E-state index contributed by atoms with van der Waals surface area (Å²) in [5.74, 6) is 1.15. The van der Waals surface area contributed by atoms with E-state index in [-0.39, 0.29) is 11.8 Å². The molecule has 118 valence electrons. The molecule has 0 aliphatic carbocycles. The quantitative estimate of drug-likeness (QED) is 0.737. The fourth-order valence-electron chi connectivity index (χ4n) is 3.05. The highest BCUT2D eigenvalue weighted by molar-refractivity contribution is 5.93. The third-order valence-electron chi connectivity index (χ3n) is 4.13. The fraction of sp³-hybridized carbons (Fsp3) is 0.312. The van der Waals surface area contributed by atoms with Crippen molar-refractivity contribution in [1.29, 1.82) is 0 Å². The van der Waals surface area contributed by atoms with Crippen LogP contribution in [0.2, 0.25) is 0 Å². The van der Waals surface area contributed by atoms with Gasteiger partial charge in [-0.3, -0.25) is 9.48 Å². The third kappa shape index (κ3) is 2.77. The molecule has 1 unspecified atom stereocenters. The molecule has 1 atom stereocenters. The number of furan rings is 1. The number of fused-ring (bicyclic) bond motifs is 1. The van der Waals surface area contributed by atoms with Gasteiger partial charge in [0.05, 0.1) is 18.4 Å². The molecular weight excluding hydrogens is 294 g/mol. The smallest absolute Gasteiger partial charge is 0.257 e. The van der Waals surface area contributed by atoms with Crippen molar-refractivity contribution in [2.24, 2.45) is 5.92 Å². The minimum absolute atomic E-state index is 0.0272. The zero-order valence-electron chi connectivity index (χ0n) is 12.6. The first kappa shape index (κ1) is 13.8. The molecule has 0 saturated carbocycles. The van der Waals surface area contributed by atoms with Crippen LogP contribution in [0.15, 0.2) is 53.9 Å². The van der Waals surface area contributed by atoms with E-state index in [9.17, 15) is 4.79 Å². The van der Waals surface area contributed by atoms with E-state index in [2.05, 4.69) is 14.6 Å². The molecular formula is C16H17N5O2. The van der Waals surface area contributed by atoms with Crippen molar-refractivity contribution in [3.8, 4) is 0 Å². The van der Waals surface area contributed by atoms with Crippen LogP contribution in [-0.4, -0.2) is 36.7 Å². The number of imidazole rings is 1. The Labute approximate surface area is 133 Å². The maximum Gasteiger partial charge on any atom is 0.257 e. The van der Waals surface area contributed by atoms with Gasteiger partial charge in [-0.2, -0.15) is 5.10 Å². The van der Waals surface area contributed by atoms with Gasteiger partial charge in [0, 0.05) is 50.3 Å². The first-order valence-electron chi connectivity index (χ1n) is 7.58. The number of nitrogens with zero attached hydrogens (tertiary/aromatic N) is 5. The number of rotatable bonds is 3. The topological polar surface area (TPSA) is 69.1 Å². The van der Waals surface area contributed by atoms with Crippen LogP contribution in [-0.2, 0) is 19.6 Å². The van der Waals surface area contributed by atoms with E-state index in [4.69, 9.17) is 4.42 Å². The third-order valence-corrected chi connectivity index (χ3v) is 4.13. The van der Waals surface area contributed by atoms with Crippen molar-refractivity contribution in [3.05, 3.63) is 60.8 Å². The zero-order chi connectivity index (χ0) is 15.6. The van der Waals surface area contributed by atoms with Gasteiger partial charge in [-0.1, -0.05) is 0 Å². The van der Waals surface area contributed by atoms with Crippen LogP contribution in [0, 0.1) is 5.92 Å². The first-order chi connectivity index (χ1) is 11.3. The maximum absolute atomic E-state index is 12.7. The SMILES string of the molecule is O=C(c1ccoc1)N1Cc2nccn2CC(Cn2cccn2)C1. The van der Waals surface area contributed by atoms with E-state index in [1.165, 1.54) is 12.5 Å². The lowest BCUT2D eigenvalue weighted by Gasteiger charge is -2.23. The monoisotopic (exact) mass is 311 g/mol. The number of amides is 1. The molecule has 7 heteroatoms. The predicted octanol–water partition coefficient (Wildman–Crippen LogP) is 1.64. The van der Waals surface area contributed by atoms with E-state index in [0.29, 0.717) is 18.7 Å². The minimum Gasteiger partial charge on any atom is -0.472 e. The highest BCUT2D eigenvalue weighted by atomic mass is 16.3. The lowest BCUT2D eigenvalue weighted by Crippen LogP contribution is -2.35. The van der Waals surface area contributed by atoms with Crippen molar-refractivity contribution in [3.63, 3.8) is 0 Å². The van der Waals surface area contributed by atoms with Crippen molar-refractivity contribution >= 4 is 5.91 Å². The number of carbonyl (C=O) groups is 1. The number of hydrogen-bond donors (Lipinski definition) is 0. The second-order valence-corrected chi connectivity index (χ2v) is 5.79. The zero-order valence-corrected chi connectivity index (χ0v) is 12.6. The lowest BCUT2D eigenvalue weighted by molar-refractivity contribution is 0.0712. The van der Waals surface area contributed by atoms with Crippen molar-refractivity contribution in [1.82, 2.24) is 24.2 Å². The molecule has 0 radical (unpaired) electrons. The largest absolute Gasteiger partial charge is 0.472 e. The molecule has 0 N–H and O–H groups in total. The van der Waals surface area contributed by atoms with Gasteiger partial charge in [0.1, 0.15) is 12.1 Å². The molecule has 23 heavy (non-hydrogen) atoms. The Balaban J connectivity index is 1.60. The average Bonchev–Trinajstić information content (AvgIpc) is 3.28. The van der Waals surface area contributed by atoms with Crippen molar-refractivity contribution in [2.45, 2.75) is 19.6 Å². The van der Waals surface area contributed by atoms with Gasteiger partial charge in [-0.15, -0.1) is 0 Å². The second kappa shape index (κ2) is 5.75. The molecule has 0 bridgehead atoms. The van der Waals surface area contributed by atoms with E-state index in [1.54, 1.807) is 18.5 Å². The fourth-order valence-corrected chi connectivity index (χ4v) is 3.05. The minimum atomic E-state index is -0.0272. The molecule has 3 aromatic heterocycles. The summed E-state index contributed by atoms with van der Waals surface area (Å²) in [6, 6.07) is 3.61. The number of carbonyl (C=O) groups excluding carboxylic acids is 1. The molecule has 1 aliphatic heterocycles. The highest BCUT2D eigenvalue weighted by Gasteiger charge is 2.27. The molecule has 7 nitrogen and oxygen atoms in total. The van der Waals surface area contributed by atoms with Crippen LogP contribution >= 0.6 is 0 Å². The van der Waals surface area contributed by atoms with Crippen LogP contribution in [0.3, 0.4) is 0 Å². The van der Waals surface area contributed by atoms with Crippen LogP contribution in [0.1, 0.15) is 16.2 Å². The van der Waals surface area contributed by atoms with Gasteiger partial charge in [-0.25, -0.2) is 4.98 Å². The maximum atomic E-state index is 12.7. The molecule has 4 heterocycles.